The number of nitrogens with one attached hydrogen (secondary N) is 2. The molecule has 1 amide bonds. The molecule has 0 fully saturated rings. The normalized spacial score (nSPS) is 12.8. The van der Waals surface area contributed by atoms with Gasteiger partial charge in [0.2, 0.25) is 5.88 Å². The Morgan fingerprint density at radius 3 is 2.89 bits per heavy atom. The first-order chi connectivity index (χ1) is 12.7. The van der Waals surface area contributed by atoms with Gasteiger partial charge in [-0.1, -0.05) is 11.6 Å². The molecule has 7 nitrogen and oxygen atoms in total. The van der Waals surface area contributed by atoms with Gasteiger partial charge < -0.3 is 15.0 Å². The van der Waals surface area contributed by atoms with E-state index in [-0.39, 0.29) is 5.88 Å². The molecule has 0 aliphatic rings. The van der Waals surface area contributed by atoms with Crippen LogP contribution in [0.4, 0.5) is 13.2 Å². The number of H-pyrrole nitrogens is 1. The maximum atomic E-state index is 12.2. The van der Waals surface area contributed by atoms with Crippen molar-refractivity contribution in [1.29, 1.82) is 0 Å². The quantitative estimate of drug-likeness (QED) is 0.687. The molecular formula is C16H13ClF3N5O2. The van der Waals surface area contributed by atoms with Crippen LogP contribution in [0, 0.1) is 0 Å². The molecule has 3 heterocycles. The zero-order chi connectivity index (χ0) is 19.6. The van der Waals surface area contributed by atoms with Crippen molar-refractivity contribution in [1.82, 2.24) is 25.3 Å². The molecule has 3 rings (SSSR count). The number of hydrogen-bond donors (Lipinski definition) is 2. The summed E-state index contributed by atoms with van der Waals surface area (Å²) in [4.78, 5) is 27.1. The lowest BCUT2D eigenvalue weighted by Crippen LogP contribution is -2.41. The maximum absolute atomic E-state index is 12.2. The van der Waals surface area contributed by atoms with Crippen molar-refractivity contribution in [2.24, 2.45) is 0 Å². The van der Waals surface area contributed by atoms with E-state index in [4.69, 9.17) is 16.3 Å². The van der Waals surface area contributed by atoms with Crippen molar-refractivity contribution >= 4 is 28.5 Å². The standard InChI is InChI=1S/C16H13ClF3N5O2/c1-8(15(26)24-7-16(18,19)20)27-13-6-21-5-12(25-13)11-4-23-14-10(11)2-9(17)3-22-14/h2-6,8H,7H2,1H3,(H,22,23)(H,24,26). The average molecular weight is 400 g/mol. The molecule has 0 spiro atoms. The number of amides is 1. The molecule has 27 heavy (non-hydrogen) atoms. The molecule has 0 saturated heterocycles. The molecule has 11 heteroatoms. The van der Waals surface area contributed by atoms with Crippen LogP contribution in [0.2, 0.25) is 5.02 Å². The van der Waals surface area contributed by atoms with Gasteiger partial charge >= 0.3 is 6.18 Å². The highest BCUT2D eigenvalue weighted by Crippen LogP contribution is 2.28. The number of carbonyl (C=O) groups is 1. The minimum atomic E-state index is -4.50. The van der Waals surface area contributed by atoms with Crippen molar-refractivity contribution in [2.45, 2.75) is 19.2 Å². The topological polar surface area (TPSA) is 92.8 Å². The first-order valence-electron chi connectivity index (χ1n) is 7.69. The molecule has 1 atom stereocenters. The van der Waals surface area contributed by atoms with Crippen LogP contribution in [-0.2, 0) is 4.79 Å². The minimum Gasteiger partial charge on any atom is -0.463 e. The largest absolute Gasteiger partial charge is 0.463 e. The molecule has 0 aliphatic heterocycles. The monoisotopic (exact) mass is 399 g/mol. The van der Waals surface area contributed by atoms with E-state index in [2.05, 4.69) is 19.9 Å². The summed E-state index contributed by atoms with van der Waals surface area (Å²) < 4.78 is 41.8. The Balaban J connectivity index is 1.77. The molecule has 3 aromatic rings. The number of nitrogens with zero attached hydrogens (tertiary/aromatic N) is 3. The molecule has 142 valence electrons. The number of rotatable bonds is 5. The van der Waals surface area contributed by atoms with Gasteiger partial charge in [0.15, 0.2) is 6.10 Å². The molecule has 0 radical (unpaired) electrons. The fourth-order valence-electron chi connectivity index (χ4n) is 2.29. The van der Waals surface area contributed by atoms with E-state index < -0.39 is 24.7 Å². The van der Waals surface area contributed by atoms with Crippen LogP contribution < -0.4 is 10.1 Å². The van der Waals surface area contributed by atoms with Gasteiger partial charge in [0, 0.05) is 23.3 Å². The van der Waals surface area contributed by atoms with Gasteiger partial charge in [0.1, 0.15) is 12.2 Å². The Hall–Kier alpha value is -2.88. The SMILES string of the molecule is CC(Oc1cncc(-c2c[nH]c3ncc(Cl)cc23)n1)C(=O)NCC(F)(F)F. The lowest BCUT2D eigenvalue weighted by atomic mass is 10.2. The van der Waals surface area contributed by atoms with Gasteiger partial charge in [-0.15, -0.1) is 0 Å². The number of fused-ring (bicyclic) bond motifs is 1. The molecule has 3 aromatic heterocycles. The number of halogens is 4. The summed E-state index contributed by atoms with van der Waals surface area (Å²) in [6.45, 7) is -0.121. The Kier molecular flexibility index (Phi) is 5.17. The number of hydrogen-bond acceptors (Lipinski definition) is 5. The molecule has 0 aliphatic carbocycles. The van der Waals surface area contributed by atoms with Crippen LogP contribution >= 0.6 is 11.6 Å². The second-order valence-electron chi connectivity index (χ2n) is 5.59. The molecule has 2 N–H and O–H groups in total. The molecule has 0 aromatic carbocycles. The van der Waals surface area contributed by atoms with Crippen molar-refractivity contribution in [3.63, 3.8) is 0 Å². The molecule has 1 unspecified atom stereocenters. The average Bonchev–Trinajstić information content (AvgIpc) is 3.02. The number of ether oxygens (including phenoxy) is 1. The van der Waals surface area contributed by atoms with Crippen LogP contribution in [-0.4, -0.2) is 44.7 Å². The third kappa shape index (κ3) is 4.64. The highest BCUT2D eigenvalue weighted by molar-refractivity contribution is 6.31. The Labute approximate surface area is 155 Å². The highest BCUT2D eigenvalue weighted by Gasteiger charge is 2.29. The van der Waals surface area contributed by atoms with Gasteiger partial charge in [-0.25, -0.2) is 9.97 Å². The van der Waals surface area contributed by atoms with Gasteiger partial charge in [-0.3, -0.25) is 9.78 Å². The fraction of sp³-hybridized carbons (Fsp3) is 0.250. The number of carbonyl (C=O) groups excluding carboxylic acids is 1. The van der Waals surface area contributed by atoms with E-state index in [1.807, 2.05) is 0 Å². The van der Waals surface area contributed by atoms with Gasteiger partial charge in [-0.05, 0) is 13.0 Å². The third-order valence-corrected chi connectivity index (χ3v) is 3.72. The minimum absolute atomic E-state index is 0.00787. The van der Waals surface area contributed by atoms with Crippen LogP contribution in [0.1, 0.15) is 6.92 Å². The van der Waals surface area contributed by atoms with Crippen molar-refractivity contribution in [3.8, 4) is 17.1 Å². The highest BCUT2D eigenvalue weighted by atomic mass is 35.5. The second-order valence-corrected chi connectivity index (χ2v) is 6.02. The van der Waals surface area contributed by atoms with Crippen LogP contribution in [0.25, 0.3) is 22.3 Å². The van der Waals surface area contributed by atoms with E-state index in [1.165, 1.54) is 25.5 Å². The summed E-state index contributed by atoms with van der Waals surface area (Å²) in [5.74, 6) is -0.922. The summed E-state index contributed by atoms with van der Waals surface area (Å²) in [5, 5.41) is 2.91. The summed E-state index contributed by atoms with van der Waals surface area (Å²) in [6, 6.07) is 1.71. The predicted molar refractivity (Wildman–Crippen MR) is 91.3 cm³/mol. The van der Waals surface area contributed by atoms with Crippen molar-refractivity contribution in [2.75, 3.05) is 6.54 Å². The number of alkyl halides is 3. The zero-order valence-corrected chi connectivity index (χ0v) is 14.6. The van der Waals surface area contributed by atoms with Gasteiger partial charge in [-0.2, -0.15) is 13.2 Å². The molecule has 0 bridgehead atoms. The Bertz CT molecular complexity index is 976. The van der Waals surface area contributed by atoms with Crippen LogP contribution in [0.15, 0.2) is 30.9 Å². The number of aromatic amines is 1. The Morgan fingerprint density at radius 2 is 2.15 bits per heavy atom. The van der Waals surface area contributed by atoms with E-state index in [0.717, 1.165) is 0 Å². The third-order valence-electron chi connectivity index (χ3n) is 3.52. The lowest BCUT2D eigenvalue weighted by Gasteiger charge is -2.15. The maximum Gasteiger partial charge on any atom is 0.405 e. The van der Waals surface area contributed by atoms with E-state index in [0.29, 0.717) is 27.3 Å². The van der Waals surface area contributed by atoms with E-state index in [9.17, 15) is 18.0 Å². The van der Waals surface area contributed by atoms with E-state index >= 15 is 0 Å². The smallest absolute Gasteiger partial charge is 0.405 e. The van der Waals surface area contributed by atoms with Crippen molar-refractivity contribution < 1.29 is 22.7 Å². The lowest BCUT2D eigenvalue weighted by molar-refractivity contribution is -0.142. The molecular weight excluding hydrogens is 387 g/mol. The number of pyridine rings is 1. The Morgan fingerprint density at radius 1 is 1.37 bits per heavy atom. The van der Waals surface area contributed by atoms with Gasteiger partial charge in [0.05, 0.1) is 23.1 Å². The predicted octanol–water partition coefficient (Wildman–Crippen LogP) is 3.12. The fourth-order valence-corrected chi connectivity index (χ4v) is 2.45. The first kappa shape index (κ1) is 18.9. The number of aromatic nitrogens is 4. The van der Waals surface area contributed by atoms with Crippen molar-refractivity contribution in [3.05, 3.63) is 35.9 Å². The summed E-state index contributed by atoms with van der Waals surface area (Å²) in [7, 11) is 0. The summed E-state index contributed by atoms with van der Waals surface area (Å²) in [6.07, 6.45) is 0.218. The summed E-state index contributed by atoms with van der Waals surface area (Å²) in [5.41, 5.74) is 1.68. The van der Waals surface area contributed by atoms with E-state index in [1.54, 1.807) is 17.6 Å². The second kappa shape index (κ2) is 7.39. The van der Waals surface area contributed by atoms with Crippen LogP contribution in [0.3, 0.4) is 0 Å². The van der Waals surface area contributed by atoms with Gasteiger partial charge in [0.25, 0.3) is 5.91 Å². The zero-order valence-electron chi connectivity index (χ0n) is 13.8. The van der Waals surface area contributed by atoms with Crippen LogP contribution in [0.5, 0.6) is 5.88 Å². The first-order valence-corrected chi connectivity index (χ1v) is 8.07. The molecule has 0 saturated carbocycles. The summed E-state index contributed by atoms with van der Waals surface area (Å²) >= 11 is 5.97.